The summed E-state index contributed by atoms with van der Waals surface area (Å²) in [5, 5.41) is 4.55. The number of hydrogen-bond donors (Lipinski definition) is 1. The maximum atomic E-state index is 5.83. The van der Waals surface area contributed by atoms with Crippen LogP contribution in [0.3, 0.4) is 0 Å². The topological polar surface area (TPSA) is 47.0 Å². The number of nitrogens with zero attached hydrogens (tertiary/aromatic N) is 2. The molecule has 35 heavy (non-hydrogen) atoms. The number of benzene rings is 1. The maximum absolute atomic E-state index is 5.83. The number of anilines is 1. The molecule has 0 amide bonds. The molecule has 2 rings (SSSR count). The highest BCUT2D eigenvalue weighted by Crippen LogP contribution is 2.18. The molecular formula is C31H53N3O. The molecule has 1 aromatic carbocycles. The molecule has 198 valence electrons. The van der Waals surface area contributed by atoms with Crippen molar-refractivity contribution in [1.29, 1.82) is 0 Å². The maximum Gasteiger partial charge on any atom is 0.137 e. The lowest BCUT2D eigenvalue weighted by atomic mass is 10.0. The number of ether oxygens (including phenoxy) is 1. The van der Waals surface area contributed by atoms with Gasteiger partial charge in [-0.25, -0.2) is 9.97 Å². The van der Waals surface area contributed by atoms with Gasteiger partial charge in [0.1, 0.15) is 12.1 Å². The number of para-hydroxylation sites is 1. The van der Waals surface area contributed by atoms with Crippen molar-refractivity contribution in [3.05, 3.63) is 30.6 Å². The van der Waals surface area contributed by atoms with Crippen LogP contribution < -0.4 is 5.32 Å². The number of fused-ring (bicyclic) bond motifs is 1. The van der Waals surface area contributed by atoms with E-state index in [9.17, 15) is 0 Å². The van der Waals surface area contributed by atoms with Gasteiger partial charge < -0.3 is 10.1 Å². The van der Waals surface area contributed by atoms with Crippen LogP contribution in [0.1, 0.15) is 129 Å². The third kappa shape index (κ3) is 15.1. The molecule has 0 aliphatic carbocycles. The lowest BCUT2D eigenvalue weighted by Gasteiger charge is -2.08. The van der Waals surface area contributed by atoms with Crippen molar-refractivity contribution in [2.75, 3.05) is 25.1 Å². The zero-order valence-electron chi connectivity index (χ0n) is 22.7. The van der Waals surface area contributed by atoms with Crippen LogP contribution in [0.15, 0.2) is 30.6 Å². The average molecular weight is 484 g/mol. The van der Waals surface area contributed by atoms with Gasteiger partial charge in [0, 0.05) is 25.1 Å². The van der Waals surface area contributed by atoms with Crippen LogP contribution in [0, 0.1) is 0 Å². The first-order chi connectivity index (χ1) is 17.4. The van der Waals surface area contributed by atoms with Gasteiger partial charge in [0.15, 0.2) is 0 Å². The molecule has 0 unspecified atom stereocenters. The molecule has 4 heteroatoms. The van der Waals surface area contributed by atoms with Gasteiger partial charge in [-0.15, -0.1) is 0 Å². The summed E-state index contributed by atoms with van der Waals surface area (Å²) >= 11 is 0. The van der Waals surface area contributed by atoms with Gasteiger partial charge in [0.25, 0.3) is 0 Å². The molecule has 0 aliphatic heterocycles. The first-order valence-corrected chi connectivity index (χ1v) is 14.9. The van der Waals surface area contributed by atoms with Crippen molar-refractivity contribution < 1.29 is 4.74 Å². The second kappa shape index (κ2) is 21.6. The first kappa shape index (κ1) is 29.5. The number of hydrogen-bond acceptors (Lipinski definition) is 4. The second-order valence-corrected chi connectivity index (χ2v) is 10.1. The lowest BCUT2D eigenvalue weighted by Crippen LogP contribution is -2.05. The van der Waals surface area contributed by atoms with E-state index in [0.717, 1.165) is 49.3 Å². The predicted molar refractivity (Wildman–Crippen MR) is 152 cm³/mol. The lowest BCUT2D eigenvalue weighted by molar-refractivity contribution is 0.126. The normalized spacial score (nSPS) is 11.3. The SMILES string of the molecule is CCCCCCCCCCCCCCCCCCOCCCCCNc1ncnc2ccccc12. The molecule has 0 saturated carbocycles. The van der Waals surface area contributed by atoms with Gasteiger partial charge in [0.05, 0.1) is 5.52 Å². The fraction of sp³-hybridized carbons (Fsp3) is 0.742. The van der Waals surface area contributed by atoms with Gasteiger partial charge >= 0.3 is 0 Å². The Morgan fingerprint density at radius 3 is 1.71 bits per heavy atom. The summed E-state index contributed by atoms with van der Waals surface area (Å²) in [6.45, 7) is 5.07. The minimum absolute atomic E-state index is 0.898. The molecule has 0 bridgehead atoms. The van der Waals surface area contributed by atoms with Gasteiger partial charge in [-0.2, -0.15) is 0 Å². The highest BCUT2D eigenvalue weighted by Gasteiger charge is 2.01. The smallest absolute Gasteiger partial charge is 0.137 e. The summed E-state index contributed by atoms with van der Waals surface area (Å²) in [6, 6.07) is 8.15. The molecule has 4 nitrogen and oxygen atoms in total. The zero-order chi connectivity index (χ0) is 24.7. The molecule has 2 aromatic rings. The largest absolute Gasteiger partial charge is 0.381 e. The Bertz CT molecular complexity index is 731. The Morgan fingerprint density at radius 2 is 1.11 bits per heavy atom. The van der Waals surface area contributed by atoms with Crippen LogP contribution in [-0.4, -0.2) is 29.7 Å². The Morgan fingerprint density at radius 1 is 0.600 bits per heavy atom. The summed E-state index contributed by atoms with van der Waals surface area (Å²) in [6.07, 6.45) is 27.8. The monoisotopic (exact) mass is 483 g/mol. The van der Waals surface area contributed by atoms with Crippen LogP contribution >= 0.6 is 0 Å². The van der Waals surface area contributed by atoms with Crippen molar-refractivity contribution in [1.82, 2.24) is 9.97 Å². The zero-order valence-corrected chi connectivity index (χ0v) is 22.7. The van der Waals surface area contributed by atoms with Crippen molar-refractivity contribution in [3.63, 3.8) is 0 Å². The van der Waals surface area contributed by atoms with Gasteiger partial charge in [-0.3, -0.25) is 0 Å². The fourth-order valence-corrected chi connectivity index (χ4v) is 4.71. The van der Waals surface area contributed by atoms with Crippen molar-refractivity contribution in [2.24, 2.45) is 0 Å². The Labute approximate surface area is 216 Å². The molecule has 1 heterocycles. The van der Waals surface area contributed by atoms with Crippen LogP contribution in [0.5, 0.6) is 0 Å². The Balaban J connectivity index is 1.26. The van der Waals surface area contributed by atoms with E-state index in [0.29, 0.717) is 0 Å². The van der Waals surface area contributed by atoms with Crippen LogP contribution in [0.2, 0.25) is 0 Å². The van der Waals surface area contributed by atoms with E-state index in [1.54, 1.807) is 6.33 Å². The number of aromatic nitrogens is 2. The number of nitrogens with one attached hydrogen (secondary N) is 1. The molecule has 1 N–H and O–H groups in total. The van der Waals surface area contributed by atoms with Crippen molar-refractivity contribution >= 4 is 16.7 Å². The molecule has 0 spiro atoms. The third-order valence-electron chi connectivity index (χ3n) is 6.94. The highest BCUT2D eigenvalue weighted by atomic mass is 16.5. The van der Waals surface area contributed by atoms with Gasteiger partial charge in [-0.05, 0) is 37.8 Å². The van der Waals surface area contributed by atoms with E-state index < -0.39 is 0 Å². The third-order valence-corrected chi connectivity index (χ3v) is 6.94. The summed E-state index contributed by atoms with van der Waals surface area (Å²) in [7, 11) is 0. The molecule has 0 aliphatic rings. The molecule has 0 fully saturated rings. The molecule has 1 aromatic heterocycles. The number of rotatable bonds is 24. The minimum Gasteiger partial charge on any atom is -0.381 e. The minimum atomic E-state index is 0.898. The Kier molecular flexibility index (Phi) is 18.2. The summed E-state index contributed by atoms with van der Waals surface area (Å²) < 4.78 is 5.83. The van der Waals surface area contributed by atoms with E-state index >= 15 is 0 Å². The van der Waals surface area contributed by atoms with E-state index in [1.165, 1.54) is 109 Å². The quantitative estimate of drug-likeness (QED) is 0.151. The summed E-state index contributed by atoms with van der Waals surface area (Å²) in [5.41, 5.74) is 0.993. The molecule has 0 saturated heterocycles. The number of unbranched alkanes of at least 4 members (excludes halogenated alkanes) is 17. The van der Waals surface area contributed by atoms with Gasteiger partial charge in [-0.1, -0.05) is 115 Å². The van der Waals surface area contributed by atoms with Crippen LogP contribution in [0.25, 0.3) is 10.9 Å². The van der Waals surface area contributed by atoms with E-state index in [2.05, 4.69) is 28.3 Å². The van der Waals surface area contributed by atoms with Crippen LogP contribution in [0.4, 0.5) is 5.82 Å². The van der Waals surface area contributed by atoms with Crippen LogP contribution in [-0.2, 0) is 4.74 Å². The van der Waals surface area contributed by atoms with Crippen molar-refractivity contribution in [3.8, 4) is 0 Å². The summed E-state index contributed by atoms with van der Waals surface area (Å²) in [4.78, 5) is 8.70. The van der Waals surface area contributed by atoms with E-state index in [-0.39, 0.29) is 0 Å². The summed E-state index contributed by atoms with van der Waals surface area (Å²) in [5.74, 6) is 0.940. The van der Waals surface area contributed by atoms with Crippen molar-refractivity contribution in [2.45, 2.75) is 129 Å². The average Bonchev–Trinajstić information content (AvgIpc) is 2.89. The van der Waals surface area contributed by atoms with E-state index in [1.807, 2.05) is 18.2 Å². The molecular weight excluding hydrogens is 430 g/mol. The predicted octanol–water partition coefficient (Wildman–Crippen LogP) is 9.49. The molecule has 0 radical (unpaired) electrons. The fourth-order valence-electron chi connectivity index (χ4n) is 4.71. The second-order valence-electron chi connectivity index (χ2n) is 10.1. The van der Waals surface area contributed by atoms with Gasteiger partial charge in [0.2, 0.25) is 0 Å². The standard InChI is InChI=1S/C31H53N3O/c1-2-3-4-5-6-7-8-9-10-11-12-13-14-15-16-21-26-35-27-22-17-20-25-32-31-29-23-18-19-24-30(29)33-28-34-31/h18-19,23-24,28H,2-17,20-22,25-27H2,1H3,(H,32,33,34). The highest BCUT2D eigenvalue weighted by molar-refractivity contribution is 5.88. The Hall–Kier alpha value is -1.68. The van der Waals surface area contributed by atoms with E-state index in [4.69, 9.17) is 4.74 Å². The first-order valence-electron chi connectivity index (χ1n) is 14.9. The molecule has 0 atom stereocenters.